The first kappa shape index (κ1) is 12.8. The van der Waals surface area contributed by atoms with Gasteiger partial charge in [0.05, 0.1) is 6.26 Å². The van der Waals surface area contributed by atoms with Crippen LogP contribution in [-0.2, 0) is 6.54 Å². The molecular weight excluding hydrogens is 206 g/mol. The van der Waals surface area contributed by atoms with E-state index in [0.29, 0.717) is 18.2 Å². The molecule has 0 amide bonds. The summed E-state index contributed by atoms with van der Waals surface area (Å²) in [6.07, 6.45) is 1.40. The minimum atomic E-state index is -1.02. The van der Waals surface area contributed by atoms with Crippen LogP contribution in [0, 0.1) is 5.41 Å². The van der Waals surface area contributed by atoms with Gasteiger partial charge in [-0.25, -0.2) is 4.79 Å². The van der Waals surface area contributed by atoms with Crippen molar-refractivity contribution in [3.05, 3.63) is 23.7 Å². The second kappa shape index (κ2) is 4.70. The molecule has 1 aromatic heterocycles. The van der Waals surface area contributed by atoms with Crippen LogP contribution in [0.3, 0.4) is 0 Å². The van der Waals surface area contributed by atoms with Gasteiger partial charge < -0.3 is 14.8 Å². The molecule has 1 heterocycles. The maximum absolute atomic E-state index is 10.8. The van der Waals surface area contributed by atoms with Gasteiger partial charge in [0.25, 0.3) is 0 Å². The largest absolute Gasteiger partial charge is 0.475 e. The van der Waals surface area contributed by atoms with Crippen molar-refractivity contribution < 1.29 is 14.3 Å². The molecule has 0 aliphatic rings. The van der Waals surface area contributed by atoms with Crippen molar-refractivity contribution in [3.8, 4) is 0 Å². The van der Waals surface area contributed by atoms with Crippen molar-refractivity contribution >= 4 is 5.97 Å². The van der Waals surface area contributed by atoms with Gasteiger partial charge in [0.2, 0.25) is 5.76 Å². The number of aromatic carboxylic acids is 1. The van der Waals surface area contributed by atoms with E-state index < -0.39 is 5.97 Å². The number of rotatable bonds is 4. The van der Waals surface area contributed by atoms with Crippen LogP contribution in [0.2, 0.25) is 0 Å². The summed E-state index contributed by atoms with van der Waals surface area (Å²) in [5.74, 6) is -1.00. The van der Waals surface area contributed by atoms with E-state index >= 15 is 0 Å². The zero-order valence-electron chi connectivity index (χ0n) is 10.2. The van der Waals surface area contributed by atoms with Gasteiger partial charge in [-0.2, -0.15) is 0 Å². The van der Waals surface area contributed by atoms with Crippen LogP contribution in [0.4, 0.5) is 0 Å². The molecule has 4 nitrogen and oxygen atoms in total. The molecule has 0 spiro atoms. The molecule has 16 heavy (non-hydrogen) atoms. The van der Waals surface area contributed by atoms with Gasteiger partial charge in [-0.05, 0) is 18.4 Å². The Morgan fingerprint density at radius 3 is 2.69 bits per heavy atom. The summed E-state index contributed by atoms with van der Waals surface area (Å²) in [7, 11) is 0. The molecule has 0 fully saturated rings. The summed E-state index contributed by atoms with van der Waals surface area (Å²) in [5, 5.41) is 12.2. The molecule has 0 saturated heterocycles. The Balaban J connectivity index is 2.62. The highest BCUT2D eigenvalue weighted by Gasteiger charge is 2.20. The quantitative estimate of drug-likeness (QED) is 0.826. The van der Waals surface area contributed by atoms with Crippen LogP contribution in [0.15, 0.2) is 16.7 Å². The van der Waals surface area contributed by atoms with E-state index in [1.807, 2.05) is 0 Å². The molecule has 1 rings (SSSR count). The predicted octanol–water partition coefficient (Wildman–Crippen LogP) is 2.50. The minimum Gasteiger partial charge on any atom is -0.475 e. The lowest BCUT2D eigenvalue weighted by molar-refractivity contribution is 0.0660. The van der Waals surface area contributed by atoms with E-state index in [9.17, 15) is 4.79 Å². The number of carboxylic acid groups (broad SMARTS) is 1. The van der Waals surface area contributed by atoms with Crippen LogP contribution < -0.4 is 5.32 Å². The Morgan fingerprint density at radius 2 is 2.19 bits per heavy atom. The summed E-state index contributed by atoms with van der Waals surface area (Å²) in [6, 6.07) is 1.98. The maximum Gasteiger partial charge on any atom is 0.372 e. The third-order valence-corrected chi connectivity index (χ3v) is 2.84. The van der Waals surface area contributed by atoms with Crippen LogP contribution in [0.5, 0.6) is 0 Å². The molecule has 2 N–H and O–H groups in total. The molecule has 1 atom stereocenters. The maximum atomic E-state index is 10.8. The highest BCUT2D eigenvalue weighted by Crippen LogP contribution is 2.19. The zero-order valence-corrected chi connectivity index (χ0v) is 10.2. The molecule has 0 bridgehead atoms. The standard InChI is InChI=1S/C12H19NO3/c1-8(12(2,3)4)13-7-9-5-6-16-10(9)11(14)15/h5-6,8,13H,7H2,1-4H3,(H,14,15). The van der Waals surface area contributed by atoms with Crippen LogP contribution >= 0.6 is 0 Å². The lowest BCUT2D eigenvalue weighted by Gasteiger charge is -2.28. The molecule has 4 heteroatoms. The number of nitrogens with one attached hydrogen (secondary N) is 1. The van der Waals surface area contributed by atoms with Crippen molar-refractivity contribution in [2.24, 2.45) is 5.41 Å². The Labute approximate surface area is 95.7 Å². The highest BCUT2D eigenvalue weighted by molar-refractivity contribution is 5.86. The lowest BCUT2D eigenvalue weighted by Crippen LogP contribution is -2.37. The fourth-order valence-corrected chi connectivity index (χ4v) is 1.23. The van der Waals surface area contributed by atoms with Gasteiger partial charge in [0, 0.05) is 18.2 Å². The van der Waals surface area contributed by atoms with Crippen LogP contribution in [0.1, 0.15) is 43.8 Å². The topological polar surface area (TPSA) is 62.5 Å². The summed E-state index contributed by atoms with van der Waals surface area (Å²) >= 11 is 0. The van der Waals surface area contributed by atoms with Gasteiger partial charge in [-0.15, -0.1) is 0 Å². The average Bonchev–Trinajstić information content (AvgIpc) is 2.60. The van der Waals surface area contributed by atoms with Crippen molar-refractivity contribution in [3.63, 3.8) is 0 Å². The molecule has 0 saturated carbocycles. The fraction of sp³-hybridized carbons (Fsp3) is 0.583. The first-order valence-electron chi connectivity index (χ1n) is 5.35. The molecule has 0 radical (unpaired) electrons. The van der Waals surface area contributed by atoms with Gasteiger partial charge in [0.15, 0.2) is 0 Å². The van der Waals surface area contributed by atoms with Gasteiger partial charge in [0.1, 0.15) is 0 Å². The van der Waals surface area contributed by atoms with E-state index in [2.05, 4.69) is 33.0 Å². The van der Waals surface area contributed by atoms with E-state index in [1.165, 1.54) is 6.26 Å². The minimum absolute atomic E-state index is 0.0219. The molecule has 0 aliphatic carbocycles. The van der Waals surface area contributed by atoms with E-state index in [0.717, 1.165) is 0 Å². The number of hydrogen-bond donors (Lipinski definition) is 2. The summed E-state index contributed by atoms with van der Waals surface area (Å²) in [4.78, 5) is 10.8. The van der Waals surface area contributed by atoms with Crippen molar-refractivity contribution in [2.75, 3.05) is 0 Å². The number of furan rings is 1. The third kappa shape index (κ3) is 3.10. The van der Waals surface area contributed by atoms with Crippen molar-refractivity contribution in [1.82, 2.24) is 5.32 Å². The average molecular weight is 225 g/mol. The molecule has 1 unspecified atom stereocenters. The molecule has 0 aromatic carbocycles. The van der Waals surface area contributed by atoms with Crippen molar-refractivity contribution in [2.45, 2.75) is 40.3 Å². The second-order valence-corrected chi connectivity index (χ2v) is 5.05. The van der Waals surface area contributed by atoms with Crippen molar-refractivity contribution in [1.29, 1.82) is 0 Å². The zero-order chi connectivity index (χ0) is 12.3. The first-order valence-corrected chi connectivity index (χ1v) is 5.35. The lowest BCUT2D eigenvalue weighted by atomic mass is 9.88. The third-order valence-electron chi connectivity index (χ3n) is 2.84. The Bertz CT molecular complexity index is 363. The summed E-state index contributed by atoms with van der Waals surface area (Å²) < 4.78 is 4.90. The Hall–Kier alpha value is -1.29. The fourth-order valence-electron chi connectivity index (χ4n) is 1.23. The SMILES string of the molecule is CC(NCc1ccoc1C(=O)O)C(C)(C)C. The molecule has 1 aromatic rings. The summed E-state index contributed by atoms with van der Waals surface area (Å²) in [6.45, 7) is 9.01. The van der Waals surface area contributed by atoms with E-state index in [4.69, 9.17) is 9.52 Å². The van der Waals surface area contributed by atoms with Gasteiger partial charge in [-0.1, -0.05) is 20.8 Å². The number of hydrogen-bond acceptors (Lipinski definition) is 3. The Kier molecular flexibility index (Phi) is 3.75. The smallest absolute Gasteiger partial charge is 0.372 e. The van der Waals surface area contributed by atoms with Gasteiger partial charge in [-0.3, -0.25) is 0 Å². The van der Waals surface area contributed by atoms with E-state index in [-0.39, 0.29) is 11.2 Å². The summed E-state index contributed by atoms with van der Waals surface area (Å²) in [5.41, 5.74) is 0.830. The number of carboxylic acids is 1. The second-order valence-electron chi connectivity index (χ2n) is 5.05. The normalized spacial score (nSPS) is 13.8. The monoisotopic (exact) mass is 225 g/mol. The highest BCUT2D eigenvalue weighted by atomic mass is 16.4. The van der Waals surface area contributed by atoms with Gasteiger partial charge >= 0.3 is 5.97 Å². The van der Waals surface area contributed by atoms with Crippen LogP contribution in [-0.4, -0.2) is 17.1 Å². The first-order chi connectivity index (χ1) is 7.32. The number of carbonyl (C=O) groups is 1. The molecule has 0 aliphatic heterocycles. The van der Waals surface area contributed by atoms with E-state index in [1.54, 1.807) is 6.07 Å². The van der Waals surface area contributed by atoms with Crippen LogP contribution in [0.25, 0.3) is 0 Å². The molecule has 90 valence electrons. The Morgan fingerprint density at radius 1 is 1.56 bits per heavy atom. The predicted molar refractivity (Wildman–Crippen MR) is 61.4 cm³/mol. The molecular formula is C12H19NO3.